The van der Waals surface area contributed by atoms with Crippen molar-refractivity contribution in [2.24, 2.45) is 5.92 Å². The number of benzene rings is 1. The van der Waals surface area contributed by atoms with Crippen LogP contribution in [0.1, 0.15) is 27.6 Å². The van der Waals surface area contributed by atoms with Crippen molar-refractivity contribution >= 4 is 23.2 Å². The van der Waals surface area contributed by atoms with Crippen molar-refractivity contribution in [3.05, 3.63) is 46.2 Å². The molecule has 140 valence electrons. The van der Waals surface area contributed by atoms with E-state index in [1.54, 1.807) is 0 Å². The van der Waals surface area contributed by atoms with Crippen molar-refractivity contribution in [2.45, 2.75) is 12.3 Å². The van der Waals surface area contributed by atoms with Crippen LogP contribution in [-0.4, -0.2) is 54.6 Å². The topological polar surface area (TPSA) is 59.1 Å². The van der Waals surface area contributed by atoms with Crippen LogP contribution in [0.3, 0.4) is 0 Å². The van der Waals surface area contributed by atoms with Gasteiger partial charge in [0.05, 0.1) is 4.88 Å². The van der Waals surface area contributed by atoms with Crippen LogP contribution in [0.4, 0.5) is 0 Å². The molecule has 1 aromatic heterocycles. The molecule has 2 aliphatic heterocycles. The Morgan fingerprint density at radius 1 is 1.00 bits per heavy atom. The standard InChI is InChI=1S/C20H20N2O4S/c23-19(15-11-14(15)13-3-4-16-17(10-13)26-12-25-16)21-5-7-22(8-6-21)20(24)18-2-1-9-27-18/h1-4,9-10,14-15H,5-8,11-12H2. The van der Waals surface area contributed by atoms with Gasteiger partial charge >= 0.3 is 0 Å². The van der Waals surface area contributed by atoms with E-state index in [4.69, 9.17) is 9.47 Å². The average Bonchev–Trinajstić information content (AvgIpc) is 3.09. The third-order valence-corrected chi connectivity index (χ3v) is 6.40. The van der Waals surface area contributed by atoms with Crippen LogP contribution in [0.15, 0.2) is 35.7 Å². The van der Waals surface area contributed by atoms with E-state index in [0.717, 1.165) is 28.4 Å². The molecule has 0 radical (unpaired) electrons. The molecular formula is C20H20N2O4S. The van der Waals surface area contributed by atoms with E-state index < -0.39 is 0 Å². The summed E-state index contributed by atoms with van der Waals surface area (Å²) in [5.41, 5.74) is 1.14. The summed E-state index contributed by atoms with van der Waals surface area (Å²) in [5, 5.41) is 1.91. The molecule has 0 spiro atoms. The Labute approximate surface area is 161 Å². The number of carbonyl (C=O) groups excluding carboxylic acids is 2. The van der Waals surface area contributed by atoms with Gasteiger partial charge in [-0.25, -0.2) is 0 Å². The average molecular weight is 384 g/mol. The van der Waals surface area contributed by atoms with Crippen LogP contribution in [0, 0.1) is 5.92 Å². The second kappa shape index (κ2) is 6.56. The number of fused-ring (bicyclic) bond motifs is 1. The zero-order chi connectivity index (χ0) is 18.4. The molecule has 27 heavy (non-hydrogen) atoms. The Bertz CT molecular complexity index is 874. The van der Waals surface area contributed by atoms with Crippen molar-refractivity contribution in [3.8, 4) is 11.5 Å². The summed E-state index contributed by atoms with van der Waals surface area (Å²) in [7, 11) is 0. The van der Waals surface area contributed by atoms with Gasteiger partial charge in [0.15, 0.2) is 11.5 Å². The molecule has 1 aliphatic carbocycles. The number of ether oxygens (including phenoxy) is 2. The number of thiophene rings is 1. The molecule has 5 rings (SSSR count). The monoisotopic (exact) mass is 384 g/mol. The molecule has 1 saturated carbocycles. The maximum atomic E-state index is 12.9. The first-order chi connectivity index (χ1) is 13.2. The largest absolute Gasteiger partial charge is 0.454 e. The minimum Gasteiger partial charge on any atom is -0.454 e. The van der Waals surface area contributed by atoms with Gasteiger partial charge in [-0.2, -0.15) is 0 Å². The van der Waals surface area contributed by atoms with Crippen molar-refractivity contribution in [3.63, 3.8) is 0 Å². The van der Waals surface area contributed by atoms with Crippen LogP contribution < -0.4 is 9.47 Å². The highest BCUT2D eigenvalue weighted by molar-refractivity contribution is 7.12. The Kier molecular flexibility index (Phi) is 4.04. The third kappa shape index (κ3) is 3.06. The number of rotatable bonds is 3. The number of amides is 2. The Hall–Kier alpha value is -2.54. The Morgan fingerprint density at radius 3 is 2.56 bits per heavy atom. The van der Waals surface area contributed by atoms with E-state index in [0.29, 0.717) is 26.2 Å². The van der Waals surface area contributed by atoms with Crippen molar-refractivity contribution in [1.29, 1.82) is 0 Å². The summed E-state index contributed by atoms with van der Waals surface area (Å²) in [6.07, 6.45) is 0.882. The van der Waals surface area contributed by atoms with Gasteiger partial charge in [0.25, 0.3) is 5.91 Å². The van der Waals surface area contributed by atoms with E-state index in [1.807, 2.05) is 45.5 Å². The van der Waals surface area contributed by atoms with Crippen molar-refractivity contribution in [1.82, 2.24) is 9.80 Å². The Balaban J connectivity index is 1.18. The summed E-state index contributed by atoms with van der Waals surface area (Å²) in [4.78, 5) is 29.8. The molecule has 0 bridgehead atoms. The molecule has 2 unspecified atom stereocenters. The molecule has 2 amide bonds. The first kappa shape index (κ1) is 16.6. The minimum absolute atomic E-state index is 0.0462. The van der Waals surface area contributed by atoms with Crippen LogP contribution in [0.5, 0.6) is 11.5 Å². The Morgan fingerprint density at radius 2 is 1.78 bits per heavy atom. The lowest BCUT2D eigenvalue weighted by molar-refractivity contribution is -0.134. The lowest BCUT2D eigenvalue weighted by Gasteiger charge is -2.34. The lowest BCUT2D eigenvalue weighted by Crippen LogP contribution is -2.51. The van der Waals surface area contributed by atoms with Crippen LogP contribution in [0.2, 0.25) is 0 Å². The first-order valence-electron chi connectivity index (χ1n) is 9.22. The summed E-state index contributed by atoms with van der Waals surface area (Å²) >= 11 is 1.46. The summed E-state index contributed by atoms with van der Waals surface area (Å²) in [5.74, 6) is 2.13. The molecule has 3 aliphatic rings. The van der Waals surface area contributed by atoms with Gasteiger partial charge in [-0.3, -0.25) is 9.59 Å². The molecule has 1 aromatic carbocycles. The summed E-state index contributed by atoms with van der Waals surface area (Å²) in [6, 6.07) is 9.69. The fourth-order valence-corrected chi connectivity index (χ4v) is 4.59. The number of nitrogens with zero attached hydrogens (tertiary/aromatic N) is 2. The third-order valence-electron chi connectivity index (χ3n) is 5.54. The molecule has 1 saturated heterocycles. The smallest absolute Gasteiger partial charge is 0.264 e. The van der Waals surface area contributed by atoms with Crippen molar-refractivity contribution in [2.75, 3.05) is 33.0 Å². The van der Waals surface area contributed by atoms with E-state index in [9.17, 15) is 9.59 Å². The maximum Gasteiger partial charge on any atom is 0.264 e. The SMILES string of the molecule is O=C(c1cccs1)N1CCN(C(=O)C2CC2c2ccc3c(c2)OCO3)CC1. The van der Waals surface area contributed by atoms with Crippen molar-refractivity contribution < 1.29 is 19.1 Å². The second-order valence-corrected chi connectivity index (χ2v) is 8.10. The van der Waals surface area contributed by atoms with Crippen LogP contribution in [0.25, 0.3) is 0 Å². The number of hydrogen-bond donors (Lipinski definition) is 0. The van der Waals surface area contributed by atoms with Crippen LogP contribution >= 0.6 is 11.3 Å². The predicted octanol–water partition coefficient (Wildman–Crippen LogP) is 2.56. The van der Waals surface area contributed by atoms with Gasteiger partial charge in [0.1, 0.15) is 0 Å². The lowest BCUT2D eigenvalue weighted by atomic mass is 10.1. The minimum atomic E-state index is 0.0462. The molecule has 2 aromatic rings. The number of carbonyl (C=O) groups is 2. The van der Waals surface area contributed by atoms with Crippen LogP contribution in [-0.2, 0) is 4.79 Å². The highest BCUT2D eigenvalue weighted by Gasteiger charge is 2.46. The predicted molar refractivity (Wildman–Crippen MR) is 100 cm³/mol. The molecule has 7 heteroatoms. The molecule has 2 atom stereocenters. The van der Waals surface area contributed by atoms with Gasteiger partial charge in [-0.15, -0.1) is 11.3 Å². The van der Waals surface area contributed by atoms with E-state index >= 15 is 0 Å². The highest BCUT2D eigenvalue weighted by Crippen LogP contribution is 2.50. The summed E-state index contributed by atoms with van der Waals surface area (Å²) in [6.45, 7) is 2.69. The fourth-order valence-electron chi connectivity index (χ4n) is 3.90. The van der Waals surface area contributed by atoms with E-state index in [2.05, 4.69) is 0 Å². The van der Waals surface area contributed by atoms with Gasteiger partial charge in [0.2, 0.25) is 12.7 Å². The maximum absolute atomic E-state index is 12.9. The number of piperazine rings is 1. The second-order valence-electron chi connectivity index (χ2n) is 7.16. The molecule has 0 N–H and O–H groups in total. The molecule has 3 heterocycles. The highest BCUT2D eigenvalue weighted by atomic mass is 32.1. The van der Waals surface area contributed by atoms with E-state index in [1.165, 1.54) is 11.3 Å². The molecular weight excluding hydrogens is 364 g/mol. The van der Waals surface area contributed by atoms with E-state index in [-0.39, 0.29) is 30.4 Å². The molecule has 6 nitrogen and oxygen atoms in total. The fraction of sp³-hybridized carbons (Fsp3) is 0.400. The van der Waals surface area contributed by atoms with Gasteiger partial charge in [-0.05, 0) is 41.5 Å². The van der Waals surface area contributed by atoms with Gasteiger partial charge in [0, 0.05) is 32.1 Å². The first-order valence-corrected chi connectivity index (χ1v) is 10.1. The normalized spacial score (nSPS) is 23.4. The quantitative estimate of drug-likeness (QED) is 0.816. The molecule has 2 fully saturated rings. The van der Waals surface area contributed by atoms with Gasteiger partial charge in [-0.1, -0.05) is 12.1 Å². The van der Waals surface area contributed by atoms with Gasteiger partial charge < -0.3 is 19.3 Å². The number of hydrogen-bond acceptors (Lipinski definition) is 5. The summed E-state index contributed by atoms with van der Waals surface area (Å²) < 4.78 is 10.8. The zero-order valence-electron chi connectivity index (χ0n) is 14.8. The zero-order valence-corrected chi connectivity index (χ0v) is 15.6.